The highest BCUT2D eigenvalue weighted by atomic mass is 16.6. The Morgan fingerprint density at radius 3 is 2.33 bits per heavy atom. The van der Waals surface area contributed by atoms with Crippen molar-refractivity contribution in [2.45, 2.75) is 84.2 Å². The predicted molar refractivity (Wildman–Crippen MR) is 104 cm³/mol. The Morgan fingerprint density at radius 2 is 1.78 bits per heavy atom. The Hall–Kier alpha value is -2.08. The Balaban J connectivity index is 2.67. The van der Waals surface area contributed by atoms with Crippen LogP contribution in [0.15, 0.2) is 30.3 Å². The van der Waals surface area contributed by atoms with Gasteiger partial charge in [0.05, 0.1) is 18.1 Å². The van der Waals surface area contributed by atoms with Crippen LogP contribution in [0, 0.1) is 0 Å². The number of carbonyl (C=O) groups is 2. The minimum Gasteiger partial charge on any atom is -0.461 e. The fourth-order valence-electron chi connectivity index (χ4n) is 2.57. The molecular formula is C21H33NO5. The molecule has 6 heteroatoms. The van der Waals surface area contributed by atoms with Crippen LogP contribution in [0.25, 0.3) is 0 Å². The SMILES string of the molecule is CCCC[C@@](C)(NC(=O)OC(C)(C)C)C(O)CC(=O)OCc1ccccc1. The van der Waals surface area contributed by atoms with E-state index in [1.807, 2.05) is 37.3 Å². The zero-order chi connectivity index (χ0) is 20.5. The average molecular weight is 379 g/mol. The Kier molecular flexibility index (Phi) is 8.76. The van der Waals surface area contributed by atoms with Crippen LogP contribution in [-0.2, 0) is 20.9 Å². The molecule has 27 heavy (non-hydrogen) atoms. The molecule has 1 amide bonds. The minimum atomic E-state index is -1.08. The van der Waals surface area contributed by atoms with Crippen LogP contribution < -0.4 is 5.32 Å². The number of ether oxygens (including phenoxy) is 2. The number of hydrogen-bond donors (Lipinski definition) is 2. The van der Waals surface area contributed by atoms with Gasteiger partial charge in [-0.05, 0) is 39.7 Å². The van der Waals surface area contributed by atoms with Gasteiger partial charge in [-0.3, -0.25) is 4.79 Å². The first-order valence-electron chi connectivity index (χ1n) is 9.44. The maximum Gasteiger partial charge on any atom is 0.408 e. The van der Waals surface area contributed by atoms with E-state index in [1.54, 1.807) is 27.7 Å². The highest BCUT2D eigenvalue weighted by molar-refractivity contribution is 5.71. The highest BCUT2D eigenvalue weighted by Crippen LogP contribution is 2.22. The van der Waals surface area contributed by atoms with E-state index in [9.17, 15) is 14.7 Å². The smallest absolute Gasteiger partial charge is 0.408 e. The molecule has 1 aromatic rings. The van der Waals surface area contributed by atoms with Gasteiger partial charge in [-0.1, -0.05) is 50.1 Å². The van der Waals surface area contributed by atoms with Crippen LogP contribution in [0.2, 0.25) is 0 Å². The van der Waals surface area contributed by atoms with Gasteiger partial charge in [0, 0.05) is 0 Å². The maximum absolute atomic E-state index is 12.2. The number of carbonyl (C=O) groups excluding carboxylic acids is 2. The third kappa shape index (κ3) is 8.91. The molecule has 0 aliphatic heterocycles. The third-order valence-corrected chi connectivity index (χ3v) is 4.17. The van der Waals surface area contributed by atoms with Gasteiger partial charge in [-0.25, -0.2) is 4.79 Å². The van der Waals surface area contributed by atoms with Crippen LogP contribution in [-0.4, -0.2) is 34.4 Å². The van der Waals surface area contributed by atoms with E-state index in [1.165, 1.54) is 0 Å². The number of amides is 1. The van der Waals surface area contributed by atoms with Crippen LogP contribution >= 0.6 is 0 Å². The van der Waals surface area contributed by atoms with Crippen molar-refractivity contribution in [2.75, 3.05) is 0 Å². The van der Waals surface area contributed by atoms with E-state index in [0.29, 0.717) is 6.42 Å². The van der Waals surface area contributed by atoms with E-state index >= 15 is 0 Å². The summed E-state index contributed by atoms with van der Waals surface area (Å²) in [5.74, 6) is -0.514. The number of nitrogens with one attached hydrogen (secondary N) is 1. The molecule has 6 nitrogen and oxygen atoms in total. The normalized spacial score (nSPS) is 14.7. The molecule has 0 spiro atoms. The van der Waals surface area contributed by atoms with Crippen LogP contribution in [0.3, 0.4) is 0 Å². The Morgan fingerprint density at radius 1 is 1.15 bits per heavy atom. The first kappa shape index (κ1) is 23.0. The Labute approximate surface area is 162 Å². The lowest BCUT2D eigenvalue weighted by molar-refractivity contribution is -0.148. The molecule has 0 aliphatic rings. The van der Waals surface area contributed by atoms with Gasteiger partial charge in [0.1, 0.15) is 12.2 Å². The molecule has 2 N–H and O–H groups in total. The van der Waals surface area contributed by atoms with Gasteiger partial charge in [-0.2, -0.15) is 0 Å². The molecule has 0 saturated heterocycles. The number of rotatable bonds is 9. The van der Waals surface area contributed by atoms with Crippen molar-refractivity contribution >= 4 is 12.1 Å². The molecule has 152 valence electrons. The molecule has 1 aromatic carbocycles. The average Bonchev–Trinajstić information content (AvgIpc) is 2.57. The minimum absolute atomic E-state index is 0.150. The lowest BCUT2D eigenvalue weighted by atomic mass is 9.87. The molecule has 1 rings (SSSR count). The van der Waals surface area contributed by atoms with E-state index in [4.69, 9.17) is 9.47 Å². The van der Waals surface area contributed by atoms with Crippen LogP contribution in [0.5, 0.6) is 0 Å². The van der Waals surface area contributed by atoms with Crippen molar-refractivity contribution in [3.63, 3.8) is 0 Å². The summed E-state index contributed by atoms with van der Waals surface area (Å²) >= 11 is 0. The monoisotopic (exact) mass is 379 g/mol. The first-order valence-corrected chi connectivity index (χ1v) is 9.44. The van der Waals surface area contributed by atoms with Crippen LogP contribution in [0.4, 0.5) is 4.79 Å². The van der Waals surface area contributed by atoms with Crippen molar-refractivity contribution in [1.29, 1.82) is 0 Å². The van der Waals surface area contributed by atoms with Crippen molar-refractivity contribution in [2.24, 2.45) is 0 Å². The number of alkyl carbamates (subject to hydrolysis) is 1. The molecule has 0 heterocycles. The topological polar surface area (TPSA) is 84.9 Å². The third-order valence-electron chi connectivity index (χ3n) is 4.17. The zero-order valence-electron chi connectivity index (χ0n) is 17.1. The Bertz CT molecular complexity index is 596. The van der Waals surface area contributed by atoms with Crippen molar-refractivity contribution < 1.29 is 24.2 Å². The zero-order valence-corrected chi connectivity index (χ0v) is 17.1. The second-order valence-corrected chi connectivity index (χ2v) is 8.01. The number of aliphatic hydroxyl groups is 1. The summed E-state index contributed by atoms with van der Waals surface area (Å²) in [5.41, 5.74) is -0.750. The number of hydrogen-bond acceptors (Lipinski definition) is 5. The summed E-state index contributed by atoms with van der Waals surface area (Å²) in [6.45, 7) is 9.21. The van der Waals surface area contributed by atoms with Gasteiger partial charge in [0.25, 0.3) is 0 Å². The van der Waals surface area contributed by atoms with Gasteiger partial charge >= 0.3 is 12.1 Å². The number of esters is 1. The molecule has 0 aromatic heterocycles. The lowest BCUT2D eigenvalue weighted by Crippen LogP contribution is -2.56. The maximum atomic E-state index is 12.2. The molecule has 0 fully saturated rings. The molecule has 2 atom stereocenters. The van der Waals surface area contributed by atoms with Crippen molar-refractivity contribution in [3.05, 3.63) is 35.9 Å². The van der Waals surface area contributed by atoms with Gasteiger partial charge < -0.3 is 19.9 Å². The van der Waals surface area contributed by atoms with Gasteiger partial charge in [-0.15, -0.1) is 0 Å². The van der Waals surface area contributed by atoms with Gasteiger partial charge in [0.2, 0.25) is 0 Å². The van der Waals surface area contributed by atoms with E-state index < -0.39 is 29.3 Å². The second-order valence-electron chi connectivity index (χ2n) is 8.01. The quantitative estimate of drug-likeness (QED) is 0.635. The van der Waals surface area contributed by atoms with Crippen molar-refractivity contribution in [3.8, 4) is 0 Å². The summed E-state index contributed by atoms with van der Waals surface area (Å²) in [7, 11) is 0. The second kappa shape index (κ2) is 10.3. The van der Waals surface area contributed by atoms with E-state index in [0.717, 1.165) is 18.4 Å². The lowest BCUT2D eigenvalue weighted by Gasteiger charge is -2.36. The standard InChI is InChI=1S/C21H33NO5/c1-6-7-13-21(5,22-19(25)27-20(2,3)4)17(23)14-18(24)26-15-16-11-9-8-10-12-16/h8-12,17,23H,6-7,13-15H2,1-5H3,(H,22,25)/t17?,21-/m1/s1. The fraction of sp³-hybridized carbons (Fsp3) is 0.619. The number of aliphatic hydroxyl groups excluding tert-OH is 1. The largest absolute Gasteiger partial charge is 0.461 e. The van der Waals surface area contributed by atoms with Gasteiger partial charge in [0.15, 0.2) is 0 Å². The first-order chi connectivity index (χ1) is 12.6. The molecule has 0 bridgehead atoms. The highest BCUT2D eigenvalue weighted by Gasteiger charge is 2.37. The van der Waals surface area contributed by atoms with E-state index in [2.05, 4.69) is 5.32 Å². The summed E-state index contributed by atoms with van der Waals surface area (Å²) < 4.78 is 10.5. The van der Waals surface area contributed by atoms with E-state index in [-0.39, 0.29) is 13.0 Å². The van der Waals surface area contributed by atoms with Crippen LogP contribution in [0.1, 0.15) is 65.9 Å². The summed E-state index contributed by atoms with van der Waals surface area (Å²) in [6.07, 6.45) is 0.315. The number of unbranched alkanes of at least 4 members (excludes halogenated alkanes) is 1. The van der Waals surface area contributed by atoms with Crippen molar-refractivity contribution in [1.82, 2.24) is 5.32 Å². The molecule has 0 radical (unpaired) electrons. The molecule has 1 unspecified atom stereocenters. The number of benzene rings is 1. The molecular weight excluding hydrogens is 346 g/mol. The molecule has 0 aliphatic carbocycles. The summed E-state index contributed by atoms with van der Waals surface area (Å²) in [4.78, 5) is 24.3. The summed E-state index contributed by atoms with van der Waals surface area (Å²) in [5, 5.41) is 13.4. The molecule has 0 saturated carbocycles. The predicted octanol–water partition coefficient (Wildman–Crippen LogP) is 3.95. The summed E-state index contributed by atoms with van der Waals surface area (Å²) in [6, 6.07) is 9.34. The fourth-order valence-corrected chi connectivity index (χ4v) is 2.57.